The fraction of sp³-hybridized carbons (Fsp3) is 0.571. The lowest BCUT2D eigenvalue weighted by Gasteiger charge is -2.23. The summed E-state index contributed by atoms with van der Waals surface area (Å²) in [6.45, 7) is 9.66. The van der Waals surface area contributed by atoms with Crippen LogP contribution in [0.15, 0.2) is 24.3 Å². The van der Waals surface area contributed by atoms with Gasteiger partial charge in [-0.2, -0.15) is 0 Å². The van der Waals surface area contributed by atoms with Crippen LogP contribution in [0.3, 0.4) is 0 Å². The Morgan fingerprint density at radius 1 is 1.24 bits per heavy atom. The second-order valence-electron chi connectivity index (χ2n) is 4.16. The third-order valence-corrected chi connectivity index (χ3v) is 2.88. The number of ether oxygens (including phenoxy) is 1. The van der Waals surface area contributed by atoms with E-state index in [1.54, 1.807) is 0 Å². The molecule has 0 amide bonds. The summed E-state index contributed by atoms with van der Waals surface area (Å²) in [6, 6.07) is 8.57. The Labute approximate surface area is 105 Å². The molecule has 3 nitrogen and oxygen atoms in total. The highest BCUT2D eigenvalue weighted by atomic mass is 16.5. The largest absolute Gasteiger partial charge is 0.380 e. The summed E-state index contributed by atoms with van der Waals surface area (Å²) in [5, 5.41) is 0. The summed E-state index contributed by atoms with van der Waals surface area (Å²) >= 11 is 0. The van der Waals surface area contributed by atoms with Gasteiger partial charge in [-0.05, 0) is 38.5 Å². The molecule has 0 radical (unpaired) electrons. The van der Waals surface area contributed by atoms with Gasteiger partial charge in [0.05, 0.1) is 6.61 Å². The van der Waals surface area contributed by atoms with Gasteiger partial charge >= 0.3 is 0 Å². The molecule has 1 aromatic carbocycles. The lowest BCUT2D eigenvalue weighted by Crippen LogP contribution is -2.27. The van der Waals surface area contributed by atoms with Gasteiger partial charge in [0.1, 0.15) is 0 Å². The van der Waals surface area contributed by atoms with Gasteiger partial charge in [-0.1, -0.05) is 12.1 Å². The molecule has 0 bridgehead atoms. The Balaban J connectivity index is 2.62. The molecule has 0 saturated heterocycles. The van der Waals surface area contributed by atoms with E-state index in [0.717, 1.165) is 26.3 Å². The fourth-order valence-corrected chi connectivity index (χ4v) is 1.78. The van der Waals surface area contributed by atoms with E-state index in [4.69, 9.17) is 10.5 Å². The number of anilines is 1. The average Bonchev–Trinajstić information content (AvgIpc) is 2.35. The summed E-state index contributed by atoms with van der Waals surface area (Å²) in [6.07, 6.45) is 0. The first-order valence-electron chi connectivity index (χ1n) is 6.37. The first kappa shape index (κ1) is 14.0. The molecular weight excluding hydrogens is 212 g/mol. The Morgan fingerprint density at radius 3 is 2.35 bits per heavy atom. The number of hydrogen-bond acceptors (Lipinski definition) is 3. The van der Waals surface area contributed by atoms with Crippen molar-refractivity contribution in [2.75, 3.05) is 31.2 Å². The molecule has 0 spiro atoms. The van der Waals surface area contributed by atoms with E-state index >= 15 is 0 Å². The zero-order valence-electron chi connectivity index (χ0n) is 11.1. The number of hydrogen-bond donors (Lipinski definition) is 1. The molecule has 1 rings (SSSR count). The van der Waals surface area contributed by atoms with Gasteiger partial charge in [0.2, 0.25) is 0 Å². The molecule has 1 aromatic rings. The number of likely N-dealkylation sites (N-methyl/N-ethyl adjacent to an activating group) is 1. The first-order chi connectivity index (χ1) is 8.19. The number of benzene rings is 1. The molecule has 3 heteroatoms. The maximum absolute atomic E-state index is 5.84. The van der Waals surface area contributed by atoms with Gasteiger partial charge in [-0.25, -0.2) is 0 Å². The standard InChI is InChI=1S/C14H24N2O/c1-4-16(10-11-17-5-2)14-8-6-13(7-9-14)12(3)15/h6-9,12H,4-5,10-11,15H2,1-3H3/t12-/m0/s1. The Bertz CT molecular complexity index is 309. The second kappa shape index (κ2) is 7.30. The topological polar surface area (TPSA) is 38.5 Å². The smallest absolute Gasteiger partial charge is 0.0641 e. The minimum atomic E-state index is 0.0996. The monoisotopic (exact) mass is 236 g/mol. The summed E-state index contributed by atoms with van der Waals surface area (Å²) in [7, 11) is 0. The van der Waals surface area contributed by atoms with Crippen molar-refractivity contribution in [2.24, 2.45) is 5.73 Å². The maximum Gasteiger partial charge on any atom is 0.0641 e. The third kappa shape index (κ3) is 4.36. The average molecular weight is 236 g/mol. The van der Waals surface area contributed by atoms with Crippen molar-refractivity contribution in [3.63, 3.8) is 0 Å². The number of rotatable bonds is 7. The normalized spacial score (nSPS) is 12.5. The lowest BCUT2D eigenvalue weighted by atomic mass is 10.1. The van der Waals surface area contributed by atoms with Crippen LogP contribution in [0.4, 0.5) is 5.69 Å². The van der Waals surface area contributed by atoms with Gasteiger partial charge in [0.25, 0.3) is 0 Å². The van der Waals surface area contributed by atoms with Crippen LogP contribution in [0.2, 0.25) is 0 Å². The summed E-state index contributed by atoms with van der Waals surface area (Å²) in [4.78, 5) is 2.31. The van der Waals surface area contributed by atoms with Crippen LogP contribution in [0.25, 0.3) is 0 Å². The molecule has 0 aliphatic carbocycles. The molecular formula is C14H24N2O. The number of nitrogens with zero attached hydrogens (tertiary/aromatic N) is 1. The van der Waals surface area contributed by atoms with Gasteiger partial charge in [-0.3, -0.25) is 0 Å². The molecule has 0 aliphatic rings. The molecule has 96 valence electrons. The van der Waals surface area contributed by atoms with Crippen LogP contribution in [0.5, 0.6) is 0 Å². The number of nitrogens with two attached hydrogens (primary N) is 1. The van der Waals surface area contributed by atoms with Crippen LogP contribution >= 0.6 is 0 Å². The predicted molar refractivity (Wildman–Crippen MR) is 73.4 cm³/mol. The van der Waals surface area contributed by atoms with E-state index < -0.39 is 0 Å². The van der Waals surface area contributed by atoms with Crippen molar-refractivity contribution >= 4 is 5.69 Å². The highest BCUT2D eigenvalue weighted by Crippen LogP contribution is 2.17. The van der Waals surface area contributed by atoms with Gasteiger partial charge in [0.15, 0.2) is 0 Å². The van der Waals surface area contributed by atoms with E-state index in [1.165, 1.54) is 11.3 Å². The quantitative estimate of drug-likeness (QED) is 0.739. The fourth-order valence-electron chi connectivity index (χ4n) is 1.78. The van der Waals surface area contributed by atoms with Crippen LogP contribution in [0, 0.1) is 0 Å². The molecule has 0 aliphatic heterocycles. The highest BCUT2D eigenvalue weighted by molar-refractivity contribution is 5.47. The minimum absolute atomic E-state index is 0.0996. The third-order valence-electron chi connectivity index (χ3n) is 2.88. The first-order valence-corrected chi connectivity index (χ1v) is 6.37. The van der Waals surface area contributed by atoms with Crippen molar-refractivity contribution in [1.29, 1.82) is 0 Å². The summed E-state index contributed by atoms with van der Waals surface area (Å²) < 4.78 is 5.39. The highest BCUT2D eigenvalue weighted by Gasteiger charge is 2.05. The lowest BCUT2D eigenvalue weighted by molar-refractivity contribution is 0.154. The molecule has 0 aromatic heterocycles. The molecule has 0 heterocycles. The van der Waals surface area contributed by atoms with Crippen molar-refractivity contribution in [3.8, 4) is 0 Å². The van der Waals surface area contributed by atoms with Crippen molar-refractivity contribution in [3.05, 3.63) is 29.8 Å². The predicted octanol–water partition coefficient (Wildman–Crippen LogP) is 2.57. The molecule has 17 heavy (non-hydrogen) atoms. The van der Waals surface area contributed by atoms with Crippen LogP contribution in [0.1, 0.15) is 32.4 Å². The van der Waals surface area contributed by atoms with Crippen LogP contribution in [-0.2, 0) is 4.74 Å². The SMILES string of the molecule is CCOCCN(CC)c1ccc([C@H](C)N)cc1. The Morgan fingerprint density at radius 2 is 1.88 bits per heavy atom. The molecule has 2 N–H and O–H groups in total. The maximum atomic E-state index is 5.84. The van der Waals surface area contributed by atoms with Gasteiger partial charge < -0.3 is 15.4 Å². The van der Waals surface area contributed by atoms with E-state index in [9.17, 15) is 0 Å². The zero-order chi connectivity index (χ0) is 12.7. The van der Waals surface area contributed by atoms with E-state index in [1.807, 2.05) is 13.8 Å². The van der Waals surface area contributed by atoms with Crippen molar-refractivity contribution in [1.82, 2.24) is 0 Å². The second-order valence-corrected chi connectivity index (χ2v) is 4.16. The summed E-state index contributed by atoms with van der Waals surface area (Å²) in [5.41, 5.74) is 8.25. The van der Waals surface area contributed by atoms with Crippen LogP contribution in [-0.4, -0.2) is 26.3 Å². The Hall–Kier alpha value is -1.06. The van der Waals surface area contributed by atoms with Gasteiger partial charge in [-0.15, -0.1) is 0 Å². The molecule has 0 saturated carbocycles. The molecule has 0 unspecified atom stereocenters. The van der Waals surface area contributed by atoms with E-state index in [-0.39, 0.29) is 6.04 Å². The van der Waals surface area contributed by atoms with Crippen molar-refractivity contribution in [2.45, 2.75) is 26.8 Å². The van der Waals surface area contributed by atoms with E-state index in [0.29, 0.717) is 0 Å². The van der Waals surface area contributed by atoms with Crippen molar-refractivity contribution < 1.29 is 4.74 Å². The zero-order valence-corrected chi connectivity index (χ0v) is 11.1. The molecule has 1 atom stereocenters. The van der Waals surface area contributed by atoms with E-state index in [2.05, 4.69) is 36.1 Å². The molecule has 0 fully saturated rings. The minimum Gasteiger partial charge on any atom is -0.380 e. The Kier molecular flexibility index (Phi) is 6.01. The summed E-state index contributed by atoms with van der Waals surface area (Å²) in [5.74, 6) is 0. The van der Waals surface area contributed by atoms with Gasteiger partial charge in [0, 0.05) is 31.4 Å². The van der Waals surface area contributed by atoms with Crippen LogP contribution < -0.4 is 10.6 Å².